The summed E-state index contributed by atoms with van der Waals surface area (Å²) in [7, 11) is 0. The van der Waals surface area contributed by atoms with Crippen LogP contribution in [0.15, 0.2) is 66.7 Å². The molecular formula is C18H18O2. The third-order valence-corrected chi connectivity index (χ3v) is 3.06. The van der Waals surface area contributed by atoms with Crippen molar-refractivity contribution in [2.24, 2.45) is 0 Å². The van der Waals surface area contributed by atoms with E-state index in [-0.39, 0.29) is 11.9 Å². The number of benzene rings is 2. The number of rotatable bonds is 5. The van der Waals surface area contributed by atoms with Crippen molar-refractivity contribution in [2.45, 2.75) is 12.8 Å². The number of ether oxygens (including phenoxy) is 1. The fourth-order valence-corrected chi connectivity index (χ4v) is 1.86. The van der Waals surface area contributed by atoms with E-state index in [9.17, 15) is 4.79 Å². The molecule has 1 atom stereocenters. The topological polar surface area (TPSA) is 26.3 Å². The molecule has 0 heterocycles. The molecule has 0 radical (unpaired) electrons. The summed E-state index contributed by atoms with van der Waals surface area (Å²) in [5, 5.41) is 0. The van der Waals surface area contributed by atoms with Crippen LogP contribution in [0.4, 0.5) is 0 Å². The first-order chi connectivity index (χ1) is 9.75. The van der Waals surface area contributed by atoms with E-state index in [2.05, 4.69) is 0 Å². The van der Waals surface area contributed by atoms with Crippen LogP contribution in [-0.4, -0.2) is 12.6 Å². The van der Waals surface area contributed by atoms with Gasteiger partial charge >= 0.3 is 5.97 Å². The Balaban J connectivity index is 1.82. The van der Waals surface area contributed by atoms with Crippen LogP contribution in [-0.2, 0) is 9.53 Å². The zero-order chi connectivity index (χ0) is 14.2. The summed E-state index contributed by atoms with van der Waals surface area (Å²) in [6.07, 6.45) is 3.22. The van der Waals surface area contributed by atoms with Crippen LogP contribution < -0.4 is 0 Å². The largest absolute Gasteiger partial charge is 0.462 e. The standard InChI is InChI=1S/C18H18O2/c1-15(17-10-6-3-7-11-17)14-20-18(19)13-12-16-8-4-2-5-9-16/h2-13,15H,14H2,1H3/b13-12-/t15-/m0/s1. The minimum absolute atomic E-state index is 0.199. The second kappa shape index (κ2) is 7.29. The molecule has 2 aromatic carbocycles. The van der Waals surface area contributed by atoms with Crippen molar-refractivity contribution < 1.29 is 9.53 Å². The van der Waals surface area contributed by atoms with Crippen LogP contribution in [0.3, 0.4) is 0 Å². The van der Waals surface area contributed by atoms with Gasteiger partial charge in [-0.05, 0) is 17.2 Å². The van der Waals surface area contributed by atoms with E-state index < -0.39 is 0 Å². The molecule has 0 unspecified atom stereocenters. The predicted octanol–water partition coefficient (Wildman–Crippen LogP) is 4.05. The molecule has 2 nitrogen and oxygen atoms in total. The fraction of sp³-hybridized carbons (Fsp3) is 0.167. The minimum Gasteiger partial charge on any atom is -0.462 e. The van der Waals surface area contributed by atoms with E-state index in [1.54, 1.807) is 6.08 Å². The van der Waals surface area contributed by atoms with Gasteiger partial charge in [0.2, 0.25) is 0 Å². The Kier molecular flexibility index (Phi) is 5.13. The summed E-state index contributed by atoms with van der Waals surface area (Å²) in [4.78, 5) is 11.6. The number of hydrogen-bond acceptors (Lipinski definition) is 2. The maximum absolute atomic E-state index is 11.6. The fourth-order valence-electron chi connectivity index (χ4n) is 1.86. The Bertz CT molecular complexity index is 558. The Labute approximate surface area is 119 Å². The number of esters is 1. The van der Waals surface area contributed by atoms with Crippen molar-refractivity contribution in [2.75, 3.05) is 6.61 Å². The third-order valence-electron chi connectivity index (χ3n) is 3.06. The van der Waals surface area contributed by atoms with Crippen molar-refractivity contribution in [1.82, 2.24) is 0 Å². The third kappa shape index (κ3) is 4.39. The molecule has 0 spiro atoms. The minimum atomic E-state index is -0.309. The zero-order valence-corrected chi connectivity index (χ0v) is 11.5. The quantitative estimate of drug-likeness (QED) is 0.603. The highest BCUT2D eigenvalue weighted by Gasteiger charge is 2.07. The molecule has 0 aromatic heterocycles. The van der Waals surface area contributed by atoms with Crippen molar-refractivity contribution in [3.05, 3.63) is 77.9 Å². The molecule has 0 amide bonds. The van der Waals surface area contributed by atoms with Gasteiger partial charge in [-0.3, -0.25) is 0 Å². The van der Waals surface area contributed by atoms with Gasteiger partial charge in [-0.15, -0.1) is 0 Å². The maximum atomic E-state index is 11.6. The molecule has 0 saturated carbocycles. The van der Waals surface area contributed by atoms with E-state index >= 15 is 0 Å². The molecule has 0 aliphatic carbocycles. The molecular weight excluding hydrogens is 248 g/mol. The summed E-state index contributed by atoms with van der Waals surface area (Å²) in [5.41, 5.74) is 2.16. The highest BCUT2D eigenvalue weighted by molar-refractivity contribution is 5.87. The molecule has 0 aliphatic rings. The first-order valence-corrected chi connectivity index (χ1v) is 6.70. The first kappa shape index (κ1) is 14.1. The SMILES string of the molecule is C[C@@H](COC(=O)/C=C\c1ccccc1)c1ccccc1. The lowest BCUT2D eigenvalue weighted by Gasteiger charge is -2.11. The predicted molar refractivity (Wildman–Crippen MR) is 81.3 cm³/mol. The summed E-state index contributed by atoms with van der Waals surface area (Å²) in [6.45, 7) is 2.44. The lowest BCUT2D eigenvalue weighted by Crippen LogP contribution is -2.08. The summed E-state index contributed by atoms with van der Waals surface area (Å²) < 4.78 is 5.25. The zero-order valence-electron chi connectivity index (χ0n) is 11.5. The summed E-state index contributed by atoms with van der Waals surface area (Å²) in [5.74, 6) is -0.109. The first-order valence-electron chi connectivity index (χ1n) is 6.70. The van der Waals surface area contributed by atoms with Crippen LogP contribution in [0.2, 0.25) is 0 Å². The summed E-state index contributed by atoms with van der Waals surface area (Å²) in [6, 6.07) is 19.7. The Morgan fingerprint density at radius 2 is 1.65 bits per heavy atom. The van der Waals surface area contributed by atoms with Gasteiger partial charge in [0.15, 0.2) is 0 Å². The van der Waals surface area contributed by atoms with E-state index in [0.29, 0.717) is 6.61 Å². The lowest BCUT2D eigenvalue weighted by atomic mass is 10.0. The highest BCUT2D eigenvalue weighted by atomic mass is 16.5. The van der Waals surface area contributed by atoms with Crippen LogP contribution in [0.1, 0.15) is 24.0 Å². The lowest BCUT2D eigenvalue weighted by molar-refractivity contribution is -0.138. The highest BCUT2D eigenvalue weighted by Crippen LogP contribution is 2.14. The molecule has 0 saturated heterocycles. The van der Waals surface area contributed by atoms with Gasteiger partial charge in [0, 0.05) is 12.0 Å². The second-order valence-corrected chi connectivity index (χ2v) is 4.69. The van der Waals surface area contributed by atoms with Gasteiger partial charge in [0.25, 0.3) is 0 Å². The van der Waals surface area contributed by atoms with Gasteiger partial charge in [-0.25, -0.2) is 4.79 Å². The average Bonchev–Trinajstić information content (AvgIpc) is 2.52. The smallest absolute Gasteiger partial charge is 0.330 e. The van der Waals surface area contributed by atoms with Gasteiger partial charge in [-0.2, -0.15) is 0 Å². The molecule has 0 N–H and O–H groups in total. The van der Waals surface area contributed by atoms with Crippen molar-refractivity contribution in [3.8, 4) is 0 Å². The normalized spacial score (nSPS) is 12.2. The molecule has 0 aliphatic heterocycles. The van der Waals surface area contributed by atoms with Gasteiger partial charge < -0.3 is 4.74 Å². The van der Waals surface area contributed by atoms with E-state index in [4.69, 9.17) is 4.74 Å². The van der Waals surface area contributed by atoms with Crippen LogP contribution >= 0.6 is 0 Å². The van der Waals surface area contributed by atoms with Gasteiger partial charge in [0.1, 0.15) is 0 Å². The van der Waals surface area contributed by atoms with Crippen molar-refractivity contribution in [1.29, 1.82) is 0 Å². The average molecular weight is 266 g/mol. The Morgan fingerprint density at radius 1 is 1.05 bits per heavy atom. The van der Waals surface area contributed by atoms with Crippen LogP contribution in [0, 0.1) is 0 Å². The molecule has 20 heavy (non-hydrogen) atoms. The Hall–Kier alpha value is -2.35. The molecule has 0 bridgehead atoms. The number of carbonyl (C=O) groups excluding carboxylic acids is 1. The second-order valence-electron chi connectivity index (χ2n) is 4.69. The van der Waals surface area contributed by atoms with E-state index in [0.717, 1.165) is 5.56 Å². The number of carbonyl (C=O) groups is 1. The van der Waals surface area contributed by atoms with Crippen molar-refractivity contribution >= 4 is 12.0 Å². The van der Waals surface area contributed by atoms with Gasteiger partial charge in [-0.1, -0.05) is 67.6 Å². The molecule has 0 fully saturated rings. The molecule has 2 rings (SSSR count). The maximum Gasteiger partial charge on any atom is 0.330 e. The monoisotopic (exact) mass is 266 g/mol. The summed E-state index contributed by atoms with van der Waals surface area (Å²) >= 11 is 0. The Morgan fingerprint density at radius 3 is 2.30 bits per heavy atom. The van der Waals surface area contributed by atoms with E-state index in [1.165, 1.54) is 11.6 Å². The van der Waals surface area contributed by atoms with Crippen molar-refractivity contribution in [3.63, 3.8) is 0 Å². The molecule has 102 valence electrons. The van der Waals surface area contributed by atoms with E-state index in [1.807, 2.05) is 67.6 Å². The van der Waals surface area contributed by atoms with Crippen LogP contribution in [0.25, 0.3) is 6.08 Å². The van der Waals surface area contributed by atoms with Crippen LogP contribution in [0.5, 0.6) is 0 Å². The van der Waals surface area contributed by atoms with Gasteiger partial charge in [0.05, 0.1) is 6.61 Å². The number of hydrogen-bond donors (Lipinski definition) is 0. The molecule has 2 aromatic rings. The molecule has 2 heteroatoms.